The number of benzene rings is 1. The highest BCUT2D eigenvalue weighted by atomic mass is 32.1. The maximum absolute atomic E-state index is 12.0. The van der Waals surface area contributed by atoms with E-state index >= 15 is 0 Å². The van der Waals surface area contributed by atoms with Crippen molar-refractivity contribution in [2.45, 2.75) is 12.5 Å². The van der Waals surface area contributed by atoms with Crippen LogP contribution in [0.3, 0.4) is 0 Å². The fraction of sp³-hybridized carbons (Fsp3) is 0.167. The fourth-order valence-corrected chi connectivity index (χ4v) is 4.45. The van der Waals surface area contributed by atoms with E-state index in [1.807, 2.05) is 36.6 Å². The number of ether oxygens (including phenoxy) is 1. The monoisotopic (exact) mass is 341 g/mol. The van der Waals surface area contributed by atoms with Crippen molar-refractivity contribution >= 4 is 34.3 Å². The first-order chi connectivity index (χ1) is 11.2. The molecule has 3 heterocycles. The van der Waals surface area contributed by atoms with Crippen molar-refractivity contribution in [3.8, 4) is 10.4 Å². The smallest absolute Gasteiger partial charge is 0.250 e. The zero-order valence-electron chi connectivity index (χ0n) is 12.5. The van der Waals surface area contributed by atoms with Gasteiger partial charge >= 0.3 is 0 Å². The van der Waals surface area contributed by atoms with E-state index in [0.717, 1.165) is 21.7 Å². The van der Waals surface area contributed by atoms with Gasteiger partial charge in [-0.15, -0.1) is 22.7 Å². The van der Waals surface area contributed by atoms with Gasteiger partial charge in [-0.25, -0.2) is 0 Å². The lowest BCUT2D eigenvalue weighted by Crippen LogP contribution is -2.27. The number of anilines is 1. The summed E-state index contributed by atoms with van der Waals surface area (Å²) in [4.78, 5) is 14.3. The first-order valence-corrected chi connectivity index (χ1v) is 9.09. The summed E-state index contributed by atoms with van der Waals surface area (Å²) >= 11 is 3.35. The minimum Gasteiger partial charge on any atom is -0.355 e. The van der Waals surface area contributed by atoms with Gasteiger partial charge in [0.1, 0.15) is 12.2 Å². The number of amides is 1. The summed E-state index contributed by atoms with van der Waals surface area (Å²) in [7, 11) is 0. The van der Waals surface area contributed by atoms with Crippen molar-refractivity contribution in [2.24, 2.45) is 0 Å². The molecule has 1 amide bonds. The molecule has 116 valence electrons. The number of thiophene rings is 2. The Hall–Kier alpha value is -1.95. The molecule has 4 rings (SSSR count). The van der Waals surface area contributed by atoms with Crippen molar-refractivity contribution in [1.82, 2.24) is 0 Å². The zero-order chi connectivity index (χ0) is 15.9. The molecule has 0 saturated carbocycles. The van der Waals surface area contributed by atoms with Crippen LogP contribution in [0, 0.1) is 0 Å². The Morgan fingerprint density at radius 3 is 2.70 bits per heavy atom. The van der Waals surface area contributed by atoms with Gasteiger partial charge in [0.25, 0.3) is 0 Å². The average molecular weight is 341 g/mol. The predicted molar refractivity (Wildman–Crippen MR) is 95.1 cm³/mol. The van der Waals surface area contributed by atoms with Crippen molar-refractivity contribution < 1.29 is 9.53 Å². The quantitative estimate of drug-likeness (QED) is 0.733. The molecular weight excluding hydrogens is 326 g/mol. The highest BCUT2D eigenvalue weighted by Gasteiger charge is 2.36. The van der Waals surface area contributed by atoms with Crippen LogP contribution in [-0.4, -0.2) is 12.5 Å². The average Bonchev–Trinajstić information content (AvgIpc) is 3.24. The minimum absolute atomic E-state index is 0.0530. The molecule has 0 spiro atoms. The lowest BCUT2D eigenvalue weighted by molar-refractivity contribution is -0.124. The molecule has 1 aromatic carbocycles. The van der Waals surface area contributed by atoms with E-state index in [4.69, 9.17) is 4.74 Å². The Bertz CT molecular complexity index is 840. The second kappa shape index (κ2) is 5.60. The minimum atomic E-state index is -0.629. The van der Waals surface area contributed by atoms with Gasteiger partial charge in [-0.1, -0.05) is 18.2 Å². The molecule has 2 aromatic heterocycles. The van der Waals surface area contributed by atoms with Crippen LogP contribution in [0.15, 0.2) is 53.2 Å². The molecule has 3 nitrogen and oxygen atoms in total. The third kappa shape index (κ3) is 2.51. The van der Waals surface area contributed by atoms with Crippen molar-refractivity contribution in [2.75, 3.05) is 11.9 Å². The second-order valence-corrected chi connectivity index (χ2v) is 7.48. The summed E-state index contributed by atoms with van der Waals surface area (Å²) in [6.07, 6.45) is 0. The number of carbonyl (C=O) groups is 1. The number of hydrogen-bond acceptors (Lipinski definition) is 4. The molecule has 0 fully saturated rings. The summed E-state index contributed by atoms with van der Waals surface area (Å²) in [5.41, 5.74) is 2.33. The molecule has 5 heteroatoms. The third-order valence-electron chi connectivity index (χ3n) is 4.10. The van der Waals surface area contributed by atoms with Crippen LogP contribution in [0.25, 0.3) is 10.4 Å². The Kier molecular flexibility index (Phi) is 3.56. The summed E-state index contributed by atoms with van der Waals surface area (Å²) in [6.45, 7) is 2.09. The van der Waals surface area contributed by atoms with E-state index < -0.39 is 5.60 Å². The van der Waals surface area contributed by atoms with E-state index in [-0.39, 0.29) is 12.5 Å². The number of nitrogens with one attached hydrogen (secondary N) is 1. The molecule has 0 aliphatic carbocycles. The van der Waals surface area contributed by atoms with Gasteiger partial charge in [0.15, 0.2) is 0 Å². The van der Waals surface area contributed by atoms with E-state index in [9.17, 15) is 4.79 Å². The number of fused-ring (bicyclic) bond motifs is 1. The molecular formula is C18H15NO2S2. The van der Waals surface area contributed by atoms with Crippen LogP contribution in [0.5, 0.6) is 0 Å². The van der Waals surface area contributed by atoms with E-state index in [1.165, 1.54) is 4.88 Å². The second-order valence-electron chi connectivity index (χ2n) is 5.59. The van der Waals surface area contributed by atoms with Crippen LogP contribution in [-0.2, 0) is 15.1 Å². The first-order valence-electron chi connectivity index (χ1n) is 7.33. The highest BCUT2D eigenvalue weighted by Crippen LogP contribution is 2.43. The molecule has 1 unspecified atom stereocenters. The van der Waals surface area contributed by atoms with Crippen LogP contribution in [0.4, 0.5) is 5.69 Å². The van der Waals surface area contributed by atoms with Crippen LogP contribution in [0.1, 0.15) is 17.4 Å². The standard InChI is InChI=1S/C18H15NO2S2/c1-18(16-5-3-9-23-16)13-10-12(15-4-2-8-22-15)6-7-14(13)19-17(20)11-21-18/h2-10H,11H2,1H3,(H,19,20). The SMILES string of the molecule is CC1(c2cccs2)OCC(=O)Nc2ccc(-c3cccs3)cc21. The molecule has 23 heavy (non-hydrogen) atoms. The third-order valence-corrected chi connectivity index (χ3v) is 6.09. The van der Waals surface area contributed by atoms with Crippen LogP contribution in [0.2, 0.25) is 0 Å². The summed E-state index contributed by atoms with van der Waals surface area (Å²) in [5.74, 6) is -0.115. The van der Waals surface area contributed by atoms with Gasteiger partial charge in [-0.3, -0.25) is 4.79 Å². The predicted octanol–water partition coefficient (Wildman–Crippen LogP) is 4.71. The number of rotatable bonds is 2. The van der Waals surface area contributed by atoms with Gasteiger partial charge in [-0.2, -0.15) is 0 Å². The van der Waals surface area contributed by atoms with E-state index in [2.05, 4.69) is 28.9 Å². The fourth-order valence-electron chi connectivity index (χ4n) is 2.87. The Morgan fingerprint density at radius 1 is 1.13 bits per heavy atom. The molecule has 0 bridgehead atoms. The highest BCUT2D eigenvalue weighted by molar-refractivity contribution is 7.13. The van der Waals surface area contributed by atoms with Crippen LogP contribution >= 0.6 is 22.7 Å². The molecule has 1 aliphatic rings. The molecule has 1 atom stereocenters. The molecule has 0 saturated heterocycles. The summed E-state index contributed by atoms with van der Waals surface area (Å²) < 4.78 is 6.05. The van der Waals surface area contributed by atoms with Gasteiger partial charge in [-0.05, 0) is 47.5 Å². The number of carbonyl (C=O) groups excluding carboxylic acids is 1. The first kappa shape index (κ1) is 14.6. The number of hydrogen-bond donors (Lipinski definition) is 1. The molecule has 3 aromatic rings. The Balaban J connectivity index is 1.91. The van der Waals surface area contributed by atoms with Crippen molar-refractivity contribution in [3.05, 3.63) is 63.7 Å². The lowest BCUT2D eigenvalue weighted by Gasteiger charge is -2.29. The van der Waals surface area contributed by atoms with E-state index in [0.29, 0.717) is 0 Å². The van der Waals surface area contributed by atoms with Gasteiger partial charge < -0.3 is 10.1 Å². The van der Waals surface area contributed by atoms with Gasteiger partial charge in [0, 0.05) is 21.0 Å². The normalized spacial score (nSPS) is 20.7. The van der Waals surface area contributed by atoms with Crippen LogP contribution < -0.4 is 5.32 Å². The lowest BCUT2D eigenvalue weighted by atomic mass is 9.90. The van der Waals surface area contributed by atoms with Gasteiger partial charge in [0.2, 0.25) is 5.91 Å². The Labute approximate surface area is 142 Å². The van der Waals surface area contributed by atoms with Crippen molar-refractivity contribution in [1.29, 1.82) is 0 Å². The zero-order valence-corrected chi connectivity index (χ0v) is 14.2. The largest absolute Gasteiger partial charge is 0.355 e. The van der Waals surface area contributed by atoms with Crippen molar-refractivity contribution in [3.63, 3.8) is 0 Å². The summed E-state index contributed by atoms with van der Waals surface area (Å²) in [5, 5.41) is 7.06. The maximum atomic E-state index is 12.0. The molecule has 1 N–H and O–H groups in total. The maximum Gasteiger partial charge on any atom is 0.250 e. The van der Waals surface area contributed by atoms with E-state index in [1.54, 1.807) is 22.7 Å². The topological polar surface area (TPSA) is 38.3 Å². The Morgan fingerprint density at radius 2 is 1.96 bits per heavy atom. The molecule has 1 aliphatic heterocycles. The molecule has 0 radical (unpaired) electrons. The van der Waals surface area contributed by atoms with Gasteiger partial charge in [0.05, 0.1) is 0 Å². The summed E-state index contributed by atoms with van der Waals surface area (Å²) in [6, 6.07) is 14.4.